The van der Waals surface area contributed by atoms with Crippen LogP contribution in [0.15, 0.2) is 47.4 Å². The minimum absolute atomic E-state index is 0.108. The van der Waals surface area contributed by atoms with Crippen LogP contribution < -0.4 is 14.4 Å². The number of piperazine rings is 1. The number of sulfonamides is 1. The van der Waals surface area contributed by atoms with Crippen LogP contribution in [0.2, 0.25) is 0 Å². The van der Waals surface area contributed by atoms with Crippen molar-refractivity contribution in [2.45, 2.75) is 4.90 Å². The molecule has 8 heteroatoms. The average Bonchev–Trinajstić information content (AvgIpc) is 2.73. The van der Waals surface area contributed by atoms with E-state index in [9.17, 15) is 8.42 Å². The van der Waals surface area contributed by atoms with Gasteiger partial charge in [-0.05, 0) is 36.4 Å². The zero-order chi connectivity index (χ0) is 19.4. The number of rotatable bonds is 5. The van der Waals surface area contributed by atoms with Gasteiger partial charge in [0.25, 0.3) is 0 Å². The lowest BCUT2D eigenvalue weighted by Gasteiger charge is -2.35. The fourth-order valence-electron chi connectivity index (χ4n) is 3.06. The summed E-state index contributed by atoms with van der Waals surface area (Å²) in [6, 6.07) is 14.1. The molecule has 2 aromatic rings. The van der Waals surface area contributed by atoms with Gasteiger partial charge < -0.3 is 14.4 Å². The number of nitriles is 1. The Labute approximate surface area is 159 Å². The molecular weight excluding hydrogens is 366 g/mol. The molecule has 2 aromatic carbocycles. The first-order chi connectivity index (χ1) is 13.0. The van der Waals surface area contributed by atoms with Crippen molar-refractivity contribution >= 4 is 15.7 Å². The minimum Gasteiger partial charge on any atom is -0.497 e. The Morgan fingerprint density at radius 1 is 0.963 bits per heavy atom. The smallest absolute Gasteiger partial charge is 0.247 e. The first-order valence-electron chi connectivity index (χ1n) is 8.47. The molecule has 0 atom stereocenters. The SMILES string of the molecule is COc1ccc(OC)c(S(=O)(=O)N2CCN(c3ccc(C#N)cc3)CC2)c1. The van der Waals surface area contributed by atoms with Crippen LogP contribution in [-0.2, 0) is 10.0 Å². The molecule has 3 rings (SSSR count). The van der Waals surface area contributed by atoms with Crippen molar-refractivity contribution in [2.24, 2.45) is 0 Å². The van der Waals surface area contributed by atoms with E-state index in [4.69, 9.17) is 14.7 Å². The predicted molar refractivity (Wildman–Crippen MR) is 102 cm³/mol. The zero-order valence-electron chi connectivity index (χ0n) is 15.3. The van der Waals surface area contributed by atoms with Gasteiger partial charge in [0.2, 0.25) is 10.0 Å². The van der Waals surface area contributed by atoms with E-state index < -0.39 is 10.0 Å². The second kappa shape index (κ2) is 7.86. The van der Waals surface area contributed by atoms with Crippen LogP contribution in [-0.4, -0.2) is 53.1 Å². The van der Waals surface area contributed by atoms with E-state index in [1.165, 1.54) is 24.6 Å². The third kappa shape index (κ3) is 3.84. The number of hydrogen-bond donors (Lipinski definition) is 0. The van der Waals surface area contributed by atoms with Gasteiger partial charge in [-0.2, -0.15) is 9.57 Å². The van der Waals surface area contributed by atoms with Crippen LogP contribution in [0.3, 0.4) is 0 Å². The molecule has 142 valence electrons. The molecule has 0 unspecified atom stereocenters. The van der Waals surface area contributed by atoms with Gasteiger partial charge in [0.05, 0.1) is 25.9 Å². The highest BCUT2D eigenvalue weighted by molar-refractivity contribution is 7.89. The summed E-state index contributed by atoms with van der Waals surface area (Å²) in [5.41, 5.74) is 1.58. The van der Waals surface area contributed by atoms with Crippen molar-refractivity contribution in [1.29, 1.82) is 5.26 Å². The van der Waals surface area contributed by atoms with Gasteiger partial charge in [-0.3, -0.25) is 0 Å². The second-order valence-corrected chi connectivity index (χ2v) is 7.97. The molecular formula is C19H21N3O4S. The fraction of sp³-hybridized carbons (Fsp3) is 0.316. The number of methoxy groups -OCH3 is 2. The molecule has 0 bridgehead atoms. The monoisotopic (exact) mass is 387 g/mol. The van der Waals surface area contributed by atoms with Crippen LogP contribution in [0, 0.1) is 11.3 Å². The summed E-state index contributed by atoms with van der Waals surface area (Å²) in [4.78, 5) is 2.21. The first kappa shape index (κ1) is 19.0. The highest BCUT2D eigenvalue weighted by atomic mass is 32.2. The quantitative estimate of drug-likeness (QED) is 0.781. The van der Waals surface area contributed by atoms with E-state index in [2.05, 4.69) is 11.0 Å². The third-order valence-corrected chi connectivity index (χ3v) is 6.51. The van der Waals surface area contributed by atoms with Gasteiger partial charge in [-0.15, -0.1) is 0 Å². The predicted octanol–water partition coefficient (Wildman–Crippen LogP) is 2.09. The van der Waals surface area contributed by atoms with E-state index in [0.717, 1.165) is 5.69 Å². The van der Waals surface area contributed by atoms with E-state index >= 15 is 0 Å². The summed E-state index contributed by atoms with van der Waals surface area (Å²) < 4.78 is 38.1. The Morgan fingerprint density at radius 2 is 1.63 bits per heavy atom. The zero-order valence-corrected chi connectivity index (χ0v) is 16.1. The maximum atomic E-state index is 13.1. The van der Waals surface area contributed by atoms with Gasteiger partial charge in [-0.1, -0.05) is 0 Å². The Bertz CT molecular complexity index is 944. The molecule has 0 aliphatic carbocycles. The van der Waals surface area contributed by atoms with Crippen LogP contribution in [0.1, 0.15) is 5.56 Å². The number of benzene rings is 2. The van der Waals surface area contributed by atoms with Crippen LogP contribution in [0.4, 0.5) is 5.69 Å². The lowest BCUT2D eigenvalue weighted by Crippen LogP contribution is -2.48. The highest BCUT2D eigenvalue weighted by Crippen LogP contribution is 2.31. The highest BCUT2D eigenvalue weighted by Gasteiger charge is 2.31. The topological polar surface area (TPSA) is 82.9 Å². The Hall–Kier alpha value is -2.76. The van der Waals surface area contributed by atoms with Crippen LogP contribution >= 0.6 is 0 Å². The average molecular weight is 387 g/mol. The molecule has 1 aliphatic rings. The van der Waals surface area contributed by atoms with Crippen LogP contribution in [0.5, 0.6) is 11.5 Å². The van der Waals surface area contributed by atoms with Gasteiger partial charge >= 0.3 is 0 Å². The van der Waals surface area contributed by atoms with E-state index in [1.807, 2.05) is 12.1 Å². The molecule has 1 saturated heterocycles. The first-order valence-corrected chi connectivity index (χ1v) is 9.91. The summed E-state index contributed by atoms with van der Waals surface area (Å²) in [5, 5.41) is 8.90. The van der Waals surface area contributed by atoms with Crippen LogP contribution in [0.25, 0.3) is 0 Å². The largest absolute Gasteiger partial charge is 0.497 e. The lowest BCUT2D eigenvalue weighted by atomic mass is 10.2. The summed E-state index contributed by atoms with van der Waals surface area (Å²) >= 11 is 0. The maximum absolute atomic E-state index is 13.1. The Balaban J connectivity index is 1.77. The molecule has 1 aliphatic heterocycles. The number of ether oxygens (including phenoxy) is 2. The molecule has 0 N–H and O–H groups in total. The van der Waals surface area contributed by atoms with Crippen molar-refractivity contribution in [3.05, 3.63) is 48.0 Å². The summed E-state index contributed by atoms with van der Waals surface area (Å²) in [7, 11) is -0.752. The molecule has 0 spiro atoms. The Kier molecular flexibility index (Phi) is 5.54. The molecule has 1 heterocycles. The Morgan fingerprint density at radius 3 is 2.19 bits per heavy atom. The summed E-state index contributed by atoms with van der Waals surface area (Å²) in [6.07, 6.45) is 0. The number of hydrogen-bond acceptors (Lipinski definition) is 6. The number of anilines is 1. The van der Waals surface area contributed by atoms with E-state index in [0.29, 0.717) is 43.2 Å². The molecule has 0 aromatic heterocycles. The molecule has 7 nitrogen and oxygen atoms in total. The standard InChI is InChI=1S/C19H21N3O4S/c1-25-17-7-8-18(26-2)19(13-17)27(23,24)22-11-9-21(10-12-22)16-5-3-15(14-20)4-6-16/h3-8,13H,9-12H2,1-2H3. The minimum atomic E-state index is -3.70. The van der Waals surface area contributed by atoms with Gasteiger partial charge in [0.15, 0.2) is 0 Å². The second-order valence-electron chi connectivity index (χ2n) is 6.07. The van der Waals surface area contributed by atoms with Crippen molar-refractivity contribution in [3.63, 3.8) is 0 Å². The van der Waals surface area contributed by atoms with Crippen molar-refractivity contribution in [2.75, 3.05) is 45.3 Å². The van der Waals surface area contributed by atoms with E-state index in [-0.39, 0.29) is 4.90 Å². The lowest BCUT2D eigenvalue weighted by molar-refractivity contribution is 0.371. The van der Waals surface area contributed by atoms with Crippen molar-refractivity contribution < 1.29 is 17.9 Å². The molecule has 0 saturated carbocycles. The fourth-order valence-corrected chi connectivity index (χ4v) is 4.65. The van der Waals surface area contributed by atoms with Gasteiger partial charge in [-0.25, -0.2) is 8.42 Å². The maximum Gasteiger partial charge on any atom is 0.247 e. The molecule has 1 fully saturated rings. The third-order valence-electron chi connectivity index (χ3n) is 4.59. The molecule has 0 radical (unpaired) electrons. The van der Waals surface area contributed by atoms with Gasteiger partial charge in [0.1, 0.15) is 16.4 Å². The van der Waals surface area contributed by atoms with Crippen molar-refractivity contribution in [3.8, 4) is 17.6 Å². The number of nitrogens with zero attached hydrogens (tertiary/aromatic N) is 3. The van der Waals surface area contributed by atoms with Gasteiger partial charge in [0, 0.05) is 37.9 Å². The normalized spacial score (nSPS) is 15.2. The summed E-state index contributed by atoms with van der Waals surface area (Å²) in [5.74, 6) is 0.760. The summed E-state index contributed by atoms with van der Waals surface area (Å²) in [6.45, 7) is 1.86. The molecule has 27 heavy (non-hydrogen) atoms. The molecule has 0 amide bonds. The van der Waals surface area contributed by atoms with Crippen molar-refractivity contribution in [1.82, 2.24) is 4.31 Å². The van der Waals surface area contributed by atoms with E-state index in [1.54, 1.807) is 24.3 Å².